The fourth-order valence-corrected chi connectivity index (χ4v) is 2.57. The number of hydrogen-bond donors (Lipinski definition) is 8. The number of hydrogen-bond acceptors (Lipinski definition) is 11. The highest BCUT2D eigenvalue weighted by atomic mass is 16.8. The highest BCUT2D eigenvalue weighted by molar-refractivity contribution is 4.93. The largest absolute Gasteiger partial charge is 0.412 e. The van der Waals surface area contributed by atoms with Gasteiger partial charge in [-0.2, -0.15) is 0 Å². The van der Waals surface area contributed by atoms with Crippen LogP contribution in [0.2, 0.25) is 0 Å². The molecule has 1 unspecified atom stereocenters. The summed E-state index contributed by atoms with van der Waals surface area (Å²) in [4.78, 5) is 0. The van der Waals surface area contributed by atoms with E-state index in [9.17, 15) is 35.7 Å². The Bertz CT molecular complexity index is 379. The Morgan fingerprint density at radius 1 is 0.667 bits per heavy atom. The van der Waals surface area contributed by atoms with Gasteiger partial charge in [0.25, 0.3) is 0 Å². The standard InChI is InChI=1S/C12H22O11.H2O/c13-1-3-5(15)6(16)9(19)12(22-3)23-10-4(2-14)21-11(20)8(18)7(10)17;/h3-20H,1-2H2;1H2/t3-,4-,5+,6+,7-,8-,9-,10-,11?,12+;/m1./s1/i12+1;. The quantitative estimate of drug-likeness (QED) is 0.220. The zero-order chi connectivity index (χ0) is 17.3. The van der Waals surface area contributed by atoms with Gasteiger partial charge in [0, 0.05) is 0 Å². The molecule has 0 radical (unpaired) electrons. The van der Waals surface area contributed by atoms with Crippen LogP contribution in [0.15, 0.2) is 0 Å². The summed E-state index contributed by atoms with van der Waals surface area (Å²) in [5.74, 6) is 0. The summed E-state index contributed by atoms with van der Waals surface area (Å²) in [5, 5.41) is 76.5. The summed E-state index contributed by atoms with van der Waals surface area (Å²) in [5.41, 5.74) is 0. The van der Waals surface area contributed by atoms with Crippen molar-refractivity contribution in [1.82, 2.24) is 0 Å². The van der Waals surface area contributed by atoms with Gasteiger partial charge in [-0.3, -0.25) is 0 Å². The lowest BCUT2D eigenvalue weighted by atomic mass is 9.99. The van der Waals surface area contributed by atoms with Gasteiger partial charge in [0.05, 0.1) is 13.2 Å². The second-order valence-corrected chi connectivity index (χ2v) is 5.53. The van der Waals surface area contributed by atoms with Crippen molar-refractivity contribution in [3.05, 3.63) is 0 Å². The van der Waals surface area contributed by atoms with Crippen LogP contribution < -0.4 is 0 Å². The number of ether oxygens (including phenoxy) is 3. The normalized spacial score (nSPS) is 49.5. The van der Waals surface area contributed by atoms with Crippen molar-refractivity contribution < 1.29 is 60.5 Å². The molecular weight excluding hydrogens is 337 g/mol. The molecule has 0 bridgehead atoms. The predicted octanol–water partition coefficient (Wildman–Crippen LogP) is -6.22. The Morgan fingerprint density at radius 2 is 1.25 bits per heavy atom. The Labute approximate surface area is 136 Å². The summed E-state index contributed by atoms with van der Waals surface area (Å²) in [6, 6.07) is 0. The molecule has 0 aromatic carbocycles. The molecular formula is C12H24O12. The molecule has 2 aliphatic heterocycles. The van der Waals surface area contributed by atoms with E-state index in [0.717, 1.165) is 0 Å². The van der Waals surface area contributed by atoms with Crippen molar-refractivity contribution in [3.63, 3.8) is 0 Å². The fraction of sp³-hybridized carbons (Fsp3) is 1.00. The Balaban J connectivity index is 0.00000288. The van der Waals surface area contributed by atoms with Gasteiger partial charge in [0.15, 0.2) is 12.6 Å². The first kappa shape index (κ1) is 21.6. The average molecular weight is 361 g/mol. The van der Waals surface area contributed by atoms with E-state index in [1.165, 1.54) is 0 Å². The second kappa shape index (κ2) is 8.75. The van der Waals surface area contributed by atoms with Crippen LogP contribution in [0.4, 0.5) is 0 Å². The zero-order valence-corrected chi connectivity index (χ0v) is 12.5. The van der Waals surface area contributed by atoms with E-state index in [1.54, 1.807) is 0 Å². The first-order valence-corrected chi connectivity index (χ1v) is 7.08. The summed E-state index contributed by atoms with van der Waals surface area (Å²) in [7, 11) is 0. The van der Waals surface area contributed by atoms with Crippen LogP contribution in [-0.2, 0) is 14.2 Å². The van der Waals surface area contributed by atoms with Crippen LogP contribution in [0.1, 0.15) is 0 Å². The molecule has 2 aliphatic rings. The molecule has 0 amide bonds. The molecule has 2 saturated heterocycles. The van der Waals surface area contributed by atoms with Crippen molar-refractivity contribution in [2.75, 3.05) is 13.2 Å². The van der Waals surface area contributed by atoms with Crippen LogP contribution >= 0.6 is 0 Å². The third-order valence-electron chi connectivity index (χ3n) is 3.98. The number of rotatable bonds is 4. The molecule has 0 aromatic rings. The molecule has 12 nitrogen and oxygen atoms in total. The van der Waals surface area contributed by atoms with Gasteiger partial charge in [0.2, 0.25) is 0 Å². The SMILES string of the molecule is O.OC[C@H]1O[13C@@H](O[C@H]2[C@H](O)[C@@H](O)C(O)O[C@@H]2CO)[C@H](O)[C@@H](O)[C@H]1O. The van der Waals surface area contributed by atoms with E-state index in [1.807, 2.05) is 0 Å². The lowest BCUT2D eigenvalue weighted by Gasteiger charge is -2.45. The van der Waals surface area contributed by atoms with Crippen molar-refractivity contribution in [2.45, 2.75) is 61.4 Å². The predicted molar refractivity (Wildman–Crippen MR) is 72.2 cm³/mol. The maximum absolute atomic E-state index is 9.94. The van der Waals surface area contributed by atoms with E-state index < -0.39 is 74.6 Å². The van der Waals surface area contributed by atoms with Crippen molar-refractivity contribution in [2.24, 2.45) is 0 Å². The maximum Gasteiger partial charge on any atom is 0.187 e. The smallest absolute Gasteiger partial charge is 0.187 e. The second-order valence-electron chi connectivity index (χ2n) is 5.53. The molecule has 12 heteroatoms. The third kappa shape index (κ3) is 4.01. The molecule has 2 rings (SSSR count). The molecule has 10 N–H and O–H groups in total. The minimum atomic E-state index is -1.74. The summed E-state index contributed by atoms with van der Waals surface area (Å²) >= 11 is 0. The van der Waals surface area contributed by atoms with Gasteiger partial charge in [-0.1, -0.05) is 0 Å². The van der Waals surface area contributed by atoms with Gasteiger partial charge < -0.3 is 60.5 Å². The van der Waals surface area contributed by atoms with Crippen LogP contribution in [-0.4, -0.2) is 121 Å². The molecule has 0 spiro atoms. The van der Waals surface area contributed by atoms with Crippen LogP contribution in [0.3, 0.4) is 0 Å². The monoisotopic (exact) mass is 361 g/mol. The van der Waals surface area contributed by atoms with Gasteiger partial charge in [-0.15, -0.1) is 0 Å². The lowest BCUT2D eigenvalue weighted by molar-refractivity contribution is -0.355. The summed E-state index contributed by atoms with van der Waals surface area (Å²) < 4.78 is 15.3. The van der Waals surface area contributed by atoms with Gasteiger partial charge in [-0.25, -0.2) is 0 Å². The number of aliphatic hydroxyl groups is 8. The molecule has 2 heterocycles. The highest BCUT2D eigenvalue weighted by Crippen LogP contribution is 2.28. The summed E-state index contributed by atoms with van der Waals surface area (Å²) in [6.07, 6.45) is -15.6. The molecule has 24 heavy (non-hydrogen) atoms. The minimum Gasteiger partial charge on any atom is -0.412 e. The summed E-state index contributed by atoms with van der Waals surface area (Å²) in [6.45, 7) is -1.35. The van der Waals surface area contributed by atoms with Crippen LogP contribution in [0.5, 0.6) is 0 Å². The first-order valence-electron chi connectivity index (χ1n) is 7.08. The van der Waals surface area contributed by atoms with Gasteiger partial charge in [-0.05, 0) is 0 Å². The van der Waals surface area contributed by atoms with Crippen LogP contribution in [0, 0.1) is 0 Å². The number of aliphatic hydroxyl groups excluding tert-OH is 8. The van der Waals surface area contributed by atoms with Gasteiger partial charge >= 0.3 is 0 Å². The molecule has 0 saturated carbocycles. The molecule has 2 fully saturated rings. The molecule has 0 aliphatic carbocycles. The van der Waals surface area contributed by atoms with Gasteiger partial charge in [0.1, 0.15) is 48.8 Å². The van der Waals surface area contributed by atoms with Crippen LogP contribution in [0.25, 0.3) is 0 Å². The Morgan fingerprint density at radius 3 is 1.79 bits per heavy atom. The first-order chi connectivity index (χ1) is 10.8. The average Bonchev–Trinajstić information content (AvgIpc) is 2.55. The lowest BCUT2D eigenvalue weighted by Crippen LogP contribution is -2.64. The van der Waals surface area contributed by atoms with E-state index in [-0.39, 0.29) is 5.48 Å². The molecule has 10 atom stereocenters. The third-order valence-corrected chi connectivity index (χ3v) is 3.98. The Kier molecular flexibility index (Phi) is 7.86. The van der Waals surface area contributed by atoms with Crippen molar-refractivity contribution in [1.29, 1.82) is 0 Å². The van der Waals surface area contributed by atoms with E-state index in [4.69, 9.17) is 19.3 Å². The maximum atomic E-state index is 9.94. The molecule has 0 aromatic heterocycles. The Hall–Kier alpha value is -0.480. The van der Waals surface area contributed by atoms with E-state index in [0.29, 0.717) is 0 Å². The minimum absolute atomic E-state index is 0. The molecule has 144 valence electrons. The van der Waals surface area contributed by atoms with E-state index in [2.05, 4.69) is 0 Å². The van der Waals surface area contributed by atoms with Crippen molar-refractivity contribution >= 4 is 0 Å². The fourth-order valence-electron chi connectivity index (χ4n) is 2.57. The topological polar surface area (TPSA) is 221 Å². The highest BCUT2D eigenvalue weighted by Gasteiger charge is 2.50. The van der Waals surface area contributed by atoms with E-state index >= 15 is 0 Å². The van der Waals surface area contributed by atoms with Crippen molar-refractivity contribution in [3.8, 4) is 0 Å². The zero-order valence-electron chi connectivity index (χ0n) is 12.5.